The summed E-state index contributed by atoms with van der Waals surface area (Å²) in [5.74, 6) is 0.204. The fourth-order valence-corrected chi connectivity index (χ4v) is 2.39. The van der Waals surface area contributed by atoms with Crippen LogP contribution < -0.4 is 0 Å². The summed E-state index contributed by atoms with van der Waals surface area (Å²) >= 11 is 0. The van der Waals surface area contributed by atoms with Crippen molar-refractivity contribution in [1.82, 2.24) is 0 Å². The molecule has 0 radical (unpaired) electrons. The summed E-state index contributed by atoms with van der Waals surface area (Å²) in [6, 6.07) is 19.0. The Kier molecular flexibility index (Phi) is 2.60. The van der Waals surface area contributed by atoms with Crippen LogP contribution in [0.4, 0.5) is 0 Å². The average molecular weight is 234 g/mol. The van der Waals surface area contributed by atoms with Crippen molar-refractivity contribution in [3.63, 3.8) is 0 Å². The van der Waals surface area contributed by atoms with Gasteiger partial charge < -0.3 is 0 Å². The van der Waals surface area contributed by atoms with E-state index in [-0.39, 0.29) is 5.78 Å². The highest BCUT2D eigenvalue weighted by atomic mass is 16.1. The molecule has 3 aromatic rings. The van der Waals surface area contributed by atoms with Crippen molar-refractivity contribution < 1.29 is 4.79 Å². The Hall–Kier alpha value is -2.15. The molecule has 0 fully saturated rings. The van der Waals surface area contributed by atoms with Crippen molar-refractivity contribution in [1.29, 1.82) is 0 Å². The van der Waals surface area contributed by atoms with Crippen LogP contribution in [-0.4, -0.2) is 5.78 Å². The van der Waals surface area contributed by atoms with Crippen LogP contribution in [-0.2, 0) is 11.2 Å². The lowest BCUT2D eigenvalue weighted by molar-refractivity contribution is -0.116. The molecule has 0 heterocycles. The molecule has 0 atom stereocenters. The van der Waals surface area contributed by atoms with Gasteiger partial charge in [0.25, 0.3) is 0 Å². The number of hydrogen-bond acceptors (Lipinski definition) is 1. The van der Waals surface area contributed by atoms with Gasteiger partial charge in [0.2, 0.25) is 0 Å². The fraction of sp³-hybridized carbons (Fsp3) is 0.118. The van der Waals surface area contributed by atoms with E-state index in [1.54, 1.807) is 6.92 Å². The molecule has 0 amide bonds. The topological polar surface area (TPSA) is 17.1 Å². The van der Waals surface area contributed by atoms with Crippen LogP contribution in [0, 0.1) is 0 Å². The zero-order valence-electron chi connectivity index (χ0n) is 10.3. The Morgan fingerprint density at radius 3 is 2.11 bits per heavy atom. The van der Waals surface area contributed by atoms with E-state index < -0.39 is 0 Å². The first-order chi connectivity index (χ1) is 8.72. The van der Waals surface area contributed by atoms with Gasteiger partial charge in [-0.15, -0.1) is 0 Å². The van der Waals surface area contributed by atoms with Gasteiger partial charge in [-0.1, -0.05) is 42.5 Å². The van der Waals surface area contributed by atoms with Gasteiger partial charge in [-0.05, 0) is 46.2 Å². The largest absolute Gasteiger partial charge is 0.300 e. The molecule has 18 heavy (non-hydrogen) atoms. The molecule has 1 nitrogen and oxygen atoms in total. The smallest absolute Gasteiger partial charge is 0.134 e. The Balaban J connectivity index is 2.20. The van der Waals surface area contributed by atoms with Crippen LogP contribution >= 0.6 is 0 Å². The van der Waals surface area contributed by atoms with E-state index in [1.807, 2.05) is 12.1 Å². The Labute approximate surface area is 106 Å². The summed E-state index contributed by atoms with van der Waals surface area (Å²) in [6.07, 6.45) is 0.517. The number of rotatable bonds is 2. The minimum Gasteiger partial charge on any atom is -0.300 e. The number of benzene rings is 3. The molecule has 0 unspecified atom stereocenters. The molecule has 0 aliphatic rings. The minimum atomic E-state index is 0.204. The second-order valence-electron chi connectivity index (χ2n) is 4.76. The number of carbonyl (C=O) groups is 1. The van der Waals surface area contributed by atoms with Gasteiger partial charge in [0, 0.05) is 6.42 Å². The molecule has 0 aliphatic heterocycles. The summed E-state index contributed by atoms with van der Waals surface area (Å²) in [6.45, 7) is 1.63. The van der Waals surface area contributed by atoms with E-state index >= 15 is 0 Å². The average Bonchev–Trinajstić information content (AvgIpc) is 2.35. The number of carbonyl (C=O) groups excluding carboxylic acids is 1. The minimum absolute atomic E-state index is 0.204. The molecule has 0 aromatic heterocycles. The van der Waals surface area contributed by atoms with E-state index in [2.05, 4.69) is 42.5 Å². The van der Waals surface area contributed by atoms with Crippen LogP contribution in [0.5, 0.6) is 0 Å². The van der Waals surface area contributed by atoms with E-state index in [0.29, 0.717) is 6.42 Å². The van der Waals surface area contributed by atoms with Gasteiger partial charge in [0.1, 0.15) is 5.78 Å². The first-order valence-corrected chi connectivity index (χ1v) is 6.13. The Morgan fingerprint density at radius 1 is 0.833 bits per heavy atom. The van der Waals surface area contributed by atoms with Crippen molar-refractivity contribution in [2.75, 3.05) is 0 Å². The molecule has 1 heteroatoms. The zero-order chi connectivity index (χ0) is 12.5. The first kappa shape index (κ1) is 11.0. The Bertz CT molecular complexity index is 741. The van der Waals surface area contributed by atoms with Gasteiger partial charge >= 0.3 is 0 Å². The van der Waals surface area contributed by atoms with Crippen LogP contribution in [0.3, 0.4) is 0 Å². The summed E-state index contributed by atoms with van der Waals surface area (Å²) in [7, 11) is 0. The highest BCUT2D eigenvalue weighted by Crippen LogP contribution is 2.23. The SMILES string of the molecule is CC(=O)Cc1ccc2cc3ccccc3cc2c1. The third-order valence-electron chi connectivity index (χ3n) is 3.22. The normalized spacial score (nSPS) is 10.9. The molecule has 0 N–H and O–H groups in total. The molecule has 0 spiro atoms. The molecule has 3 rings (SSSR count). The lowest BCUT2D eigenvalue weighted by Crippen LogP contribution is -1.95. The lowest BCUT2D eigenvalue weighted by atomic mass is 10.00. The first-order valence-electron chi connectivity index (χ1n) is 6.13. The Morgan fingerprint density at radius 2 is 1.44 bits per heavy atom. The maximum atomic E-state index is 11.2. The van der Waals surface area contributed by atoms with Crippen molar-refractivity contribution in [3.05, 3.63) is 60.2 Å². The maximum absolute atomic E-state index is 11.2. The van der Waals surface area contributed by atoms with Crippen LogP contribution in [0.15, 0.2) is 54.6 Å². The molecule has 0 bridgehead atoms. The summed E-state index contributed by atoms with van der Waals surface area (Å²) in [5.41, 5.74) is 1.09. The van der Waals surface area contributed by atoms with Crippen molar-refractivity contribution in [3.8, 4) is 0 Å². The second-order valence-corrected chi connectivity index (χ2v) is 4.76. The standard InChI is InChI=1S/C17H14O/c1-12(18)8-13-6-7-16-10-14-4-2-3-5-15(14)11-17(16)9-13/h2-7,9-11H,8H2,1H3. The van der Waals surface area contributed by atoms with Crippen LogP contribution in [0.1, 0.15) is 12.5 Å². The fourth-order valence-electron chi connectivity index (χ4n) is 2.39. The molecule has 0 saturated carbocycles. The lowest BCUT2D eigenvalue weighted by Gasteiger charge is -2.04. The van der Waals surface area contributed by atoms with Crippen molar-refractivity contribution in [2.24, 2.45) is 0 Å². The zero-order valence-corrected chi connectivity index (χ0v) is 10.3. The second kappa shape index (κ2) is 4.26. The highest BCUT2D eigenvalue weighted by molar-refractivity contribution is 5.98. The summed E-state index contributed by atoms with van der Waals surface area (Å²) in [4.78, 5) is 11.2. The predicted molar refractivity (Wildman–Crippen MR) is 75.8 cm³/mol. The van der Waals surface area contributed by atoms with Gasteiger partial charge in [-0.25, -0.2) is 0 Å². The highest BCUT2D eigenvalue weighted by Gasteiger charge is 2.01. The summed E-state index contributed by atoms with van der Waals surface area (Å²) < 4.78 is 0. The van der Waals surface area contributed by atoms with Crippen LogP contribution in [0.25, 0.3) is 21.5 Å². The molecule has 0 saturated heterocycles. The van der Waals surface area contributed by atoms with Crippen LogP contribution in [0.2, 0.25) is 0 Å². The summed E-state index contributed by atoms with van der Waals surface area (Å²) in [5, 5.41) is 4.92. The third kappa shape index (κ3) is 2.00. The monoisotopic (exact) mass is 234 g/mol. The molecule has 88 valence electrons. The quantitative estimate of drug-likeness (QED) is 0.609. The van der Waals surface area contributed by atoms with Crippen molar-refractivity contribution in [2.45, 2.75) is 13.3 Å². The molecule has 3 aromatic carbocycles. The van der Waals surface area contributed by atoms with Gasteiger partial charge in [0.15, 0.2) is 0 Å². The number of fused-ring (bicyclic) bond motifs is 2. The number of ketones is 1. The number of hydrogen-bond donors (Lipinski definition) is 0. The van der Waals surface area contributed by atoms with Gasteiger partial charge in [-0.3, -0.25) is 4.79 Å². The maximum Gasteiger partial charge on any atom is 0.134 e. The van der Waals surface area contributed by atoms with E-state index in [1.165, 1.54) is 21.5 Å². The third-order valence-corrected chi connectivity index (χ3v) is 3.22. The number of Topliss-reactive ketones (excluding diaryl/α,β-unsaturated/α-hetero) is 1. The van der Waals surface area contributed by atoms with Gasteiger partial charge in [0.05, 0.1) is 0 Å². The van der Waals surface area contributed by atoms with E-state index in [9.17, 15) is 4.79 Å². The molecular formula is C17H14O. The van der Waals surface area contributed by atoms with Crippen molar-refractivity contribution >= 4 is 27.3 Å². The molecule has 0 aliphatic carbocycles. The molecular weight excluding hydrogens is 220 g/mol. The predicted octanol–water partition coefficient (Wildman–Crippen LogP) is 4.12. The van der Waals surface area contributed by atoms with E-state index in [0.717, 1.165) is 5.56 Å². The van der Waals surface area contributed by atoms with E-state index in [4.69, 9.17) is 0 Å². The van der Waals surface area contributed by atoms with Gasteiger partial charge in [-0.2, -0.15) is 0 Å².